The van der Waals surface area contributed by atoms with Crippen LogP contribution in [0.15, 0.2) is 0 Å². The zero-order valence-electron chi connectivity index (χ0n) is 5.78. The third-order valence-electron chi connectivity index (χ3n) is 1.02. The van der Waals surface area contributed by atoms with E-state index in [1.807, 2.05) is 0 Å². The molecule has 2 N–H and O–H groups in total. The molecule has 1 heterocycles. The molecular formula is C6H14N2. The normalized spacial score (nSPS) is 28.1. The van der Waals surface area contributed by atoms with Gasteiger partial charge in [-0.25, -0.2) is 0 Å². The van der Waals surface area contributed by atoms with E-state index in [2.05, 4.69) is 31.4 Å². The van der Waals surface area contributed by atoms with Crippen molar-refractivity contribution >= 4 is 0 Å². The summed E-state index contributed by atoms with van der Waals surface area (Å²) in [7, 11) is 0. The van der Waals surface area contributed by atoms with Crippen LogP contribution in [0.5, 0.6) is 0 Å². The van der Waals surface area contributed by atoms with E-state index in [0.29, 0.717) is 6.17 Å². The predicted octanol–water partition coefficient (Wildman–Crippen LogP) is 0.304. The van der Waals surface area contributed by atoms with E-state index in [9.17, 15) is 0 Å². The third-order valence-corrected chi connectivity index (χ3v) is 1.02. The molecule has 1 unspecified atom stereocenters. The summed E-state index contributed by atoms with van der Waals surface area (Å²) in [6.07, 6.45) is 0.593. The van der Waals surface area contributed by atoms with Gasteiger partial charge in [0.05, 0.1) is 6.17 Å². The summed E-state index contributed by atoms with van der Waals surface area (Å²) < 4.78 is 0. The summed E-state index contributed by atoms with van der Waals surface area (Å²) in [4.78, 5) is 0. The Balaban J connectivity index is 2.16. The minimum Gasteiger partial charge on any atom is -0.298 e. The van der Waals surface area contributed by atoms with Crippen molar-refractivity contribution in [3.8, 4) is 0 Å². The second-order valence-electron chi connectivity index (χ2n) is 3.36. The first-order valence-corrected chi connectivity index (χ1v) is 3.09. The second kappa shape index (κ2) is 1.71. The van der Waals surface area contributed by atoms with Crippen molar-refractivity contribution in [2.24, 2.45) is 0 Å². The van der Waals surface area contributed by atoms with E-state index in [0.717, 1.165) is 6.54 Å². The summed E-state index contributed by atoms with van der Waals surface area (Å²) in [5, 5.41) is 6.56. The van der Waals surface area contributed by atoms with E-state index in [1.165, 1.54) is 0 Å². The Kier molecular flexibility index (Phi) is 1.29. The molecule has 1 atom stereocenters. The van der Waals surface area contributed by atoms with Crippen LogP contribution in [0.25, 0.3) is 0 Å². The molecule has 0 saturated carbocycles. The van der Waals surface area contributed by atoms with Gasteiger partial charge in [0.1, 0.15) is 0 Å². The Bertz CT molecular complexity index is 79.0. The van der Waals surface area contributed by atoms with Crippen LogP contribution < -0.4 is 10.6 Å². The molecular weight excluding hydrogens is 100 g/mol. The smallest absolute Gasteiger partial charge is 0.0706 e. The second-order valence-corrected chi connectivity index (χ2v) is 3.36. The topological polar surface area (TPSA) is 34.0 Å². The number of nitrogens with one attached hydrogen (secondary N) is 2. The molecule has 1 rings (SSSR count). The SMILES string of the molecule is CC(C)(C)NC1CN1. The Hall–Kier alpha value is -0.0800. The number of hydrogen-bond donors (Lipinski definition) is 2. The lowest BCUT2D eigenvalue weighted by atomic mass is 10.1. The van der Waals surface area contributed by atoms with Gasteiger partial charge in [0, 0.05) is 12.1 Å². The van der Waals surface area contributed by atoms with Crippen LogP contribution in [0.1, 0.15) is 20.8 Å². The molecule has 2 nitrogen and oxygen atoms in total. The maximum atomic E-state index is 3.38. The first-order valence-electron chi connectivity index (χ1n) is 3.09. The van der Waals surface area contributed by atoms with Gasteiger partial charge in [0.15, 0.2) is 0 Å². The molecule has 0 aliphatic carbocycles. The predicted molar refractivity (Wildman–Crippen MR) is 34.7 cm³/mol. The minimum absolute atomic E-state index is 0.272. The largest absolute Gasteiger partial charge is 0.298 e. The van der Waals surface area contributed by atoms with Gasteiger partial charge in [0.2, 0.25) is 0 Å². The highest BCUT2D eigenvalue weighted by Gasteiger charge is 2.24. The average Bonchev–Trinajstić information content (AvgIpc) is 2.12. The highest BCUT2D eigenvalue weighted by atomic mass is 15.3. The van der Waals surface area contributed by atoms with Gasteiger partial charge in [-0.15, -0.1) is 0 Å². The van der Waals surface area contributed by atoms with Crippen LogP contribution in [-0.2, 0) is 0 Å². The first kappa shape index (κ1) is 6.05. The Morgan fingerprint density at radius 1 is 1.50 bits per heavy atom. The maximum Gasteiger partial charge on any atom is 0.0706 e. The first-order chi connectivity index (χ1) is 3.58. The van der Waals surface area contributed by atoms with Crippen LogP contribution in [0.4, 0.5) is 0 Å². The summed E-state index contributed by atoms with van der Waals surface area (Å²) >= 11 is 0. The third kappa shape index (κ3) is 2.28. The molecule has 1 saturated heterocycles. The zero-order chi connectivity index (χ0) is 6.20. The van der Waals surface area contributed by atoms with Gasteiger partial charge in [0.25, 0.3) is 0 Å². The van der Waals surface area contributed by atoms with Crippen molar-refractivity contribution in [3.05, 3.63) is 0 Å². The maximum absolute atomic E-state index is 3.38. The van der Waals surface area contributed by atoms with Gasteiger partial charge in [-0.05, 0) is 20.8 Å². The van der Waals surface area contributed by atoms with Crippen LogP contribution >= 0.6 is 0 Å². The fourth-order valence-corrected chi connectivity index (χ4v) is 0.684. The standard InChI is InChI=1S/C6H14N2/c1-6(2,3)8-5-4-7-5/h5,7-8H,4H2,1-3H3. The molecule has 0 radical (unpaired) electrons. The zero-order valence-corrected chi connectivity index (χ0v) is 5.78. The molecule has 0 aromatic carbocycles. The molecule has 1 fully saturated rings. The highest BCUT2D eigenvalue weighted by molar-refractivity contribution is 4.86. The van der Waals surface area contributed by atoms with E-state index in [1.54, 1.807) is 0 Å². The Morgan fingerprint density at radius 3 is 2.12 bits per heavy atom. The summed E-state index contributed by atoms with van der Waals surface area (Å²) in [6, 6.07) is 0. The van der Waals surface area contributed by atoms with Crippen molar-refractivity contribution in [2.75, 3.05) is 6.54 Å². The lowest BCUT2D eigenvalue weighted by molar-refractivity contribution is 0.420. The fraction of sp³-hybridized carbons (Fsp3) is 1.00. The minimum atomic E-state index is 0.272. The van der Waals surface area contributed by atoms with Crippen molar-refractivity contribution < 1.29 is 0 Å². The summed E-state index contributed by atoms with van der Waals surface area (Å²) in [6.45, 7) is 7.66. The lowest BCUT2D eigenvalue weighted by Crippen LogP contribution is -2.39. The van der Waals surface area contributed by atoms with E-state index >= 15 is 0 Å². The summed E-state index contributed by atoms with van der Waals surface area (Å²) in [5.74, 6) is 0. The highest BCUT2D eigenvalue weighted by Crippen LogP contribution is 2.03. The van der Waals surface area contributed by atoms with Gasteiger partial charge in [-0.3, -0.25) is 10.6 Å². The van der Waals surface area contributed by atoms with Crippen molar-refractivity contribution in [1.29, 1.82) is 0 Å². The lowest BCUT2D eigenvalue weighted by Gasteiger charge is -2.18. The van der Waals surface area contributed by atoms with E-state index in [4.69, 9.17) is 0 Å². The number of rotatable bonds is 1. The fourth-order valence-electron chi connectivity index (χ4n) is 0.684. The molecule has 0 spiro atoms. The van der Waals surface area contributed by atoms with Crippen LogP contribution in [0.2, 0.25) is 0 Å². The molecule has 1 aliphatic heterocycles. The molecule has 48 valence electrons. The van der Waals surface area contributed by atoms with Crippen LogP contribution in [0, 0.1) is 0 Å². The monoisotopic (exact) mass is 114 g/mol. The van der Waals surface area contributed by atoms with Gasteiger partial charge >= 0.3 is 0 Å². The molecule has 0 amide bonds. The van der Waals surface area contributed by atoms with Gasteiger partial charge < -0.3 is 0 Å². The average molecular weight is 114 g/mol. The quantitative estimate of drug-likeness (QED) is 0.481. The van der Waals surface area contributed by atoms with Crippen molar-refractivity contribution in [1.82, 2.24) is 10.6 Å². The Labute approximate surface area is 50.7 Å². The molecule has 1 aliphatic rings. The molecule has 0 aromatic heterocycles. The molecule has 0 aromatic rings. The van der Waals surface area contributed by atoms with E-state index < -0.39 is 0 Å². The van der Waals surface area contributed by atoms with Gasteiger partial charge in [-0.2, -0.15) is 0 Å². The molecule has 8 heavy (non-hydrogen) atoms. The summed E-state index contributed by atoms with van der Waals surface area (Å²) in [5.41, 5.74) is 0.272. The van der Waals surface area contributed by atoms with Crippen molar-refractivity contribution in [2.45, 2.75) is 32.5 Å². The Morgan fingerprint density at radius 2 is 2.00 bits per heavy atom. The molecule has 0 bridgehead atoms. The molecule has 2 heteroatoms. The number of hydrogen-bond acceptors (Lipinski definition) is 2. The van der Waals surface area contributed by atoms with Crippen LogP contribution in [-0.4, -0.2) is 18.2 Å². The van der Waals surface area contributed by atoms with Crippen LogP contribution in [0.3, 0.4) is 0 Å². The van der Waals surface area contributed by atoms with Crippen molar-refractivity contribution in [3.63, 3.8) is 0 Å². The van der Waals surface area contributed by atoms with Gasteiger partial charge in [-0.1, -0.05) is 0 Å². The van der Waals surface area contributed by atoms with E-state index in [-0.39, 0.29) is 5.54 Å².